The quantitative estimate of drug-likeness (QED) is 0.854. The Bertz CT molecular complexity index is 706. The number of fused-ring (bicyclic) bond motifs is 1. The van der Waals surface area contributed by atoms with Crippen molar-refractivity contribution in [2.75, 3.05) is 32.1 Å². The first-order chi connectivity index (χ1) is 10.4. The highest BCUT2D eigenvalue weighted by atomic mass is 16.2. The number of piperidine rings is 1. The van der Waals surface area contributed by atoms with Crippen LogP contribution in [0.25, 0.3) is 5.52 Å². The zero-order valence-corrected chi connectivity index (χ0v) is 13.8. The first-order valence-electron chi connectivity index (χ1n) is 7.82. The molecular weight excluding hydrogens is 276 g/mol. The molecule has 0 aliphatic carbocycles. The van der Waals surface area contributed by atoms with Crippen molar-refractivity contribution in [3.63, 3.8) is 0 Å². The van der Waals surface area contributed by atoms with Crippen LogP contribution in [0.3, 0.4) is 0 Å². The Morgan fingerprint density at radius 1 is 1.41 bits per heavy atom. The fourth-order valence-corrected chi connectivity index (χ4v) is 3.37. The minimum Gasteiger partial charge on any atom is -0.361 e. The lowest BCUT2D eigenvalue weighted by Gasteiger charge is -2.40. The maximum absolute atomic E-state index is 11.8. The lowest BCUT2D eigenvalue weighted by atomic mass is 9.79. The van der Waals surface area contributed by atoms with Gasteiger partial charge in [0, 0.05) is 51.9 Å². The largest absolute Gasteiger partial charge is 0.361 e. The smallest absolute Gasteiger partial charge is 0.219 e. The summed E-state index contributed by atoms with van der Waals surface area (Å²) in [5, 5.41) is 0. The van der Waals surface area contributed by atoms with Gasteiger partial charge < -0.3 is 14.2 Å². The molecule has 3 rings (SSSR count). The molecule has 1 amide bonds. The summed E-state index contributed by atoms with van der Waals surface area (Å²) in [6.45, 7) is 5.48. The highest BCUT2D eigenvalue weighted by Crippen LogP contribution is 2.34. The van der Waals surface area contributed by atoms with E-state index in [1.165, 1.54) is 0 Å². The van der Waals surface area contributed by atoms with Crippen LogP contribution in [0.2, 0.25) is 0 Å². The second-order valence-electron chi connectivity index (χ2n) is 6.75. The third-order valence-electron chi connectivity index (χ3n) is 4.68. The number of likely N-dealkylation sites (tertiary alicyclic amines) is 1. The molecule has 2 aromatic heterocycles. The van der Waals surface area contributed by atoms with E-state index in [1.54, 1.807) is 6.92 Å². The number of anilines is 1. The van der Waals surface area contributed by atoms with Crippen LogP contribution in [0.5, 0.6) is 0 Å². The van der Waals surface area contributed by atoms with Gasteiger partial charge in [0.2, 0.25) is 5.91 Å². The molecule has 3 heterocycles. The van der Waals surface area contributed by atoms with Crippen LogP contribution in [0.15, 0.2) is 24.5 Å². The summed E-state index contributed by atoms with van der Waals surface area (Å²) in [5.41, 5.74) is 2.08. The second kappa shape index (κ2) is 5.30. The van der Waals surface area contributed by atoms with Gasteiger partial charge in [0.1, 0.15) is 0 Å². The Morgan fingerprint density at radius 2 is 2.18 bits per heavy atom. The molecule has 1 aliphatic rings. The minimum absolute atomic E-state index is 0.0901. The van der Waals surface area contributed by atoms with Crippen molar-refractivity contribution >= 4 is 17.2 Å². The molecule has 5 nitrogen and oxygen atoms in total. The van der Waals surface area contributed by atoms with Gasteiger partial charge in [0.05, 0.1) is 11.2 Å². The number of hydrogen-bond donors (Lipinski definition) is 0. The van der Waals surface area contributed by atoms with Crippen molar-refractivity contribution in [2.45, 2.75) is 32.1 Å². The SMILES string of the molecule is CC(=O)N1CCC[C@](C)(c2cn3cccc3c(N(C)C)n2)C1. The summed E-state index contributed by atoms with van der Waals surface area (Å²) >= 11 is 0. The summed E-state index contributed by atoms with van der Waals surface area (Å²) in [5.74, 6) is 1.13. The van der Waals surface area contributed by atoms with E-state index in [1.807, 2.05) is 30.0 Å². The van der Waals surface area contributed by atoms with Crippen LogP contribution in [0, 0.1) is 0 Å². The number of aromatic nitrogens is 2. The maximum atomic E-state index is 11.8. The molecule has 0 N–H and O–H groups in total. The highest BCUT2D eigenvalue weighted by molar-refractivity contribution is 5.73. The zero-order valence-electron chi connectivity index (χ0n) is 13.8. The van der Waals surface area contributed by atoms with E-state index in [9.17, 15) is 4.79 Å². The molecule has 0 bridgehead atoms. The molecule has 0 spiro atoms. The van der Waals surface area contributed by atoms with E-state index < -0.39 is 0 Å². The first-order valence-corrected chi connectivity index (χ1v) is 7.82. The van der Waals surface area contributed by atoms with E-state index >= 15 is 0 Å². The van der Waals surface area contributed by atoms with E-state index in [0.29, 0.717) is 0 Å². The van der Waals surface area contributed by atoms with Crippen LogP contribution < -0.4 is 4.90 Å². The van der Waals surface area contributed by atoms with Crippen LogP contribution in [0.1, 0.15) is 32.4 Å². The van der Waals surface area contributed by atoms with Crippen LogP contribution >= 0.6 is 0 Å². The molecule has 0 aromatic carbocycles. The van der Waals surface area contributed by atoms with Crippen molar-refractivity contribution < 1.29 is 4.79 Å². The molecule has 5 heteroatoms. The standard InChI is InChI=1S/C17H24N4O/c1-13(22)21-10-6-8-17(2,12-21)15-11-20-9-5-7-14(20)16(18-15)19(3)4/h5,7,9,11H,6,8,10,12H2,1-4H3/t17-/m0/s1. The molecule has 0 radical (unpaired) electrons. The molecule has 0 saturated carbocycles. The number of nitrogens with zero attached hydrogens (tertiary/aromatic N) is 4. The summed E-state index contributed by atoms with van der Waals surface area (Å²) in [7, 11) is 4.04. The van der Waals surface area contributed by atoms with Crippen LogP contribution in [-0.2, 0) is 10.2 Å². The fourth-order valence-electron chi connectivity index (χ4n) is 3.37. The predicted octanol–water partition coefficient (Wildman–Crippen LogP) is 2.30. The zero-order chi connectivity index (χ0) is 15.9. The average Bonchev–Trinajstić information content (AvgIpc) is 2.94. The number of amides is 1. The molecule has 0 unspecified atom stereocenters. The lowest BCUT2D eigenvalue weighted by Crippen LogP contribution is -2.46. The summed E-state index contributed by atoms with van der Waals surface area (Å²) in [4.78, 5) is 20.7. The highest BCUT2D eigenvalue weighted by Gasteiger charge is 2.35. The van der Waals surface area contributed by atoms with Gasteiger partial charge in [-0.1, -0.05) is 6.92 Å². The van der Waals surface area contributed by atoms with Gasteiger partial charge in [-0.25, -0.2) is 4.98 Å². The Labute approximate surface area is 131 Å². The minimum atomic E-state index is -0.0901. The van der Waals surface area contributed by atoms with E-state index in [4.69, 9.17) is 4.98 Å². The van der Waals surface area contributed by atoms with Crippen molar-refractivity contribution in [1.29, 1.82) is 0 Å². The molecule has 1 fully saturated rings. The normalized spacial score (nSPS) is 22.1. The van der Waals surface area contributed by atoms with Gasteiger partial charge in [0.25, 0.3) is 0 Å². The molecule has 1 atom stereocenters. The van der Waals surface area contributed by atoms with Crippen molar-refractivity contribution in [1.82, 2.24) is 14.3 Å². The average molecular weight is 300 g/mol. The van der Waals surface area contributed by atoms with Crippen LogP contribution in [-0.4, -0.2) is 47.4 Å². The molecule has 118 valence electrons. The molecule has 1 aliphatic heterocycles. The second-order valence-corrected chi connectivity index (χ2v) is 6.75. The van der Waals surface area contributed by atoms with Gasteiger partial charge in [-0.3, -0.25) is 4.79 Å². The number of carbonyl (C=O) groups excluding carboxylic acids is 1. The Morgan fingerprint density at radius 3 is 2.86 bits per heavy atom. The Kier molecular flexibility index (Phi) is 3.59. The van der Waals surface area contributed by atoms with Crippen molar-refractivity contribution in [3.8, 4) is 0 Å². The molecule has 2 aromatic rings. The first kappa shape index (κ1) is 14.9. The van der Waals surface area contributed by atoms with E-state index in [0.717, 1.165) is 43.0 Å². The molecule has 1 saturated heterocycles. The predicted molar refractivity (Wildman–Crippen MR) is 88.4 cm³/mol. The third-order valence-corrected chi connectivity index (χ3v) is 4.68. The topological polar surface area (TPSA) is 40.9 Å². The Balaban J connectivity index is 2.06. The van der Waals surface area contributed by atoms with Gasteiger partial charge in [-0.05, 0) is 25.0 Å². The molecule has 22 heavy (non-hydrogen) atoms. The summed E-state index contributed by atoms with van der Waals surface area (Å²) in [6.07, 6.45) is 6.26. The van der Waals surface area contributed by atoms with E-state index in [-0.39, 0.29) is 11.3 Å². The van der Waals surface area contributed by atoms with Crippen molar-refractivity contribution in [2.24, 2.45) is 0 Å². The van der Waals surface area contributed by atoms with Crippen molar-refractivity contribution in [3.05, 3.63) is 30.2 Å². The maximum Gasteiger partial charge on any atom is 0.219 e. The molecular formula is C17H24N4O. The van der Waals surface area contributed by atoms with Gasteiger partial charge in [-0.15, -0.1) is 0 Å². The number of rotatable bonds is 2. The fraction of sp³-hybridized carbons (Fsp3) is 0.529. The Hall–Kier alpha value is -2.04. The van der Waals surface area contributed by atoms with Gasteiger partial charge >= 0.3 is 0 Å². The van der Waals surface area contributed by atoms with E-state index in [2.05, 4.69) is 29.8 Å². The monoisotopic (exact) mass is 300 g/mol. The summed E-state index contributed by atoms with van der Waals surface area (Å²) < 4.78 is 2.13. The third kappa shape index (κ3) is 2.45. The van der Waals surface area contributed by atoms with Gasteiger partial charge in [-0.2, -0.15) is 0 Å². The van der Waals surface area contributed by atoms with Gasteiger partial charge in [0.15, 0.2) is 5.82 Å². The lowest BCUT2D eigenvalue weighted by molar-refractivity contribution is -0.130. The number of carbonyl (C=O) groups is 1. The summed E-state index contributed by atoms with van der Waals surface area (Å²) in [6, 6.07) is 4.12. The number of hydrogen-bond acceptors (Lipinski definition) is 3. The van der Waals surface area contributed by atoms with Crippen LogP contribution in [0.4, 0.5) is 5.82 Å².